The Morgan fingerprint density at radius 1 is 1.41 bits per heavy atom. The number of pyridine rings is 1. The molecule has 17 heavy (non-hydrogen) atoms. The van der Waals surface area contributed by atoms with Crippen LogP contribution < -0.4 is 11.1 Å². The zero-order chi connectivity index (χ0) is 11.9. The van der Waals surface area contributed by atoms with Gasteiger partial charge in [-0.25, -0.2) is 0 Å². The van der Waals surface area contributed by atoms with Gasteiger partial charge in [0.05, 0.1) is 0 Å². The first-order valence-electron chi connectivity index (χ1n) is 6.43. The first-order valence-corrected chi connectivity index (χ1v) is 6.43. The predicted octanol–water partition coefficient (Wildman–Crippen LogP) is 0.594. The minimum absolute atomic E-state index is 0.643. The SMILES string of the molecule is NCCN1CCC(NCc2cccnc2)CC1. The van der Waals surface area contributed by atoms with Crippen molar-refractivity contribution in [3.63, 3.8) is 0 Å². The molecule has 94 valence electrons. The van der Waals surface area contributed by atoms with Crippen molar-refractivity contribution in [2.75, 3.05) is 26.2 Å². The van der Waals surface area contributed by atoms with E-state index < -0.39 is 0 Å². The van der Waals surface area contributed by atoms with Crippen molar-refractivity contribution in [3.8, 4) is 0 Å². The highest BCUT2D eigenvalue weighted by atomic mass is 15.1. The lowest BCUT2D eigenvalue weighted by Gasteiger charge is -2.32. The van der Waals surface area contributed by atoms with E-state index in [9.17, 15) is 0 Å². The molecule has 1 fully saturated rings. The molecule has 1 aliphatic rings. The predicted molar refractivity (Wildman–Crippen MR) is 69.6 cm³/mol. The number of hydrogen-bond donors (Lipinski definition) is 2. The van der Waals surface area contributed by atoms with Gasteiger partial charge in [-0.1, -0.05) is 6.07 Å². The van der Waals surface area contributed by atoms with Gasteiger partial charge in [0, 0.05) is 38.1 Å². The molecule has 0 atom stereocenters. The van der Waals surface area contributed by atoms with Gasteiger partial charge in [-0.2, -0.15) is 0 Å². The molecule has 0 bridgehead atoms. The molecule has 1 aromatic rings. The van der Waals surface area contributed by atoms with Gasteiger partial charge in [-0.3, -0.25) is 4.98 Å². The molecule has 2 heterocycles. The Hall–Kier alpha value is -0.970. The molecule has 1 aliphatic heterocycles. The van der Waals surface area contributed by atoms with Crippen molar-refractivity contribution in [3.05, 3.63) is 30.1 Å². The first kappa shape index (κ1) is 12.5. The molecule has 0 unspecified atom stereocenters. The van der Waals surface area contributed by atoms with Crippen LogP contribution in [0.1, 0.15) is 18.4 Å². The number of piperidine rings is 1. The Morgan fingerprint density at radius 3 is 2.88 bits per heavy atom. The van der Waals surface area contributed by atoms with Crippen molar-refractivity contribution in [2.45, 2.75) is 25.4 Å². The van der Waals surface area contributed by atoms with Crippen molar-refractivity contribution in [1.82, 2.24) is 15.2 Å². The van der Waals surface area contributed by atoms with Crippen LogP contribution in [0.15, 0.2) is 24.5 Å². The lowest BCUT2D eigenvalue weighted by atomic mass is 10.0. The van der Waals surface area contributed by atoms with Crippen LogP contribution in [0.5, 0.6) is 0 Å². The van der Waals surface area contributed by atoms with Crippen molar-refractivity contribution in [2.24, 2.45) is 5.73 Å². The fourth-order valence-corrected chi connectivity index (χ4v) is 2.31. The highest BCUT2D eigenvalue weighted by Crippen LogP contribution is 2.10. The van der Waals surface area contributed by atoms with E-state index in [1.165, 1.54) is 31.5 Å². The summed E-state index contributed by atoms with van der Waals surface area (Å²) in [5.41, 5.74) is 6.83. The molecule has 0 spiro atoms. The van der Waals surface area contributed by atoms with E-state index in [-0.39, 0.29) is 0 Å². The van der Waals surface area contributed by atoms with Gasteiger partial charge in [0.2, 0.25) is 0 Å². The summed E-state index contributed by atoms with van der Waals surface area (Å²) >= 11 is 0. The molecule has 4 nitrogen and oxygen atoms in total. The van der Waals surface area contributed by atoms with E-state index >= 15 is 0 Å². The van der Waals surface area contributed by atoms with Gasteiger partial charge in [-0.15, -0.1) is 0 Å². The van der Waals surface area contributed by atoms with E-state index in [2.05, 4.69) is 21.3 Å². The number of hydrogen-bond acceptors (Lipinski definition) is 4. The molecule has 1 saturated heterocycles. The summed E-state index contributed by atoms with van der Waals surface area (Å²) in [6, 6.07) is 4.74. The molecule has 0 saturated carbocycles. The van der Waals surface area contributed by atoms with Gasteiger partial charge in [-0.05, 0) is 37.6 Å². The largest absolute Gasteiger partial charge is 0.329 e. The van der Waals surface area contributed by atoms with Gasteiger partial charge in [0.15, 0.2) is 0 Å². The van der Waals surface area contributed by atoms with Crippen LogP contribution in [-0.2, 0) is 6.54 Å². The first-order chi connectivity index (χ1) is 8.38. The Bertz CT molecular complexity index is 306. The fraction of sp³-hybridized carbons (Fsp3) is 0.615. The zero-order valence-corrected chi connectivity index (χ0v) is 10.3. The summed E-state index contributed by atoms with van der Waals surface area (Å²) in [6.07, 6.45) is 6.19. The second-order valence-electron chi connectivity index (χ2n) is 4.65. The molecule has 0 radical (unpaired) electrons. The third-order valence-corrected chi connectivity index (χ3v) is 3.35. The summed E-state index contributed by atoms with van der Waals surface area (Å²) < 4.78 is 0. The van der Waals surface area contributed by atoms with Crippen molar-refractivity contribution >= 4 is 0 Å². The van der Waals surface area contributed by atoms with E-state index in [1.807, 2.05) is 18.5 Å². The molecule has 4 heteroatoms. The standard InChI is InChI=1S/C13H22N4/c14-5-9-17-7-3-13(4-8-17)16-11-12-2-1-6-15-10-12/h1-2,6,10,13,16H,3-5,7-9,11,14H2. The number of nitrogens with zero attached hydrogens (tertiary/aromatic N) is 2. The van der Waals surface area contributed by atoms with Gasteiger partial charge in [0.25, 0.3) is 0 Å². The van der Waals surface area contributed by atoms with Crippen molar-refractivity contribution in [1.29, 1.82) is 0 Å². The number of likely N-dealkylation sites (tertiary alicyclic amines) is 1. The topological polar surface area (TPSA) is 54.2 Å². The Balaban J connectivity index is 1.68. The molecule has 0 amide bonds. The molecular formula is C13H22N4. The number of rotatable bonds is 5. The van der Waals surface area contributed by atoms with Crippen molar-refractivity contribution < 1.29 is 0 Å². The van der Waals surface area contributed by atoms with Crippen LogP contribution in [0.25, 0.3) is 0 Å². The van der Waals surface area contributed by atoms with Crippen LogP contribution in [0.2, 0.25) is 0 Å². The molecule has 3 N–H and O–H groups in total. The summed E-state index contributed by atoms with van der Waals surface area (Å²) in [4.78, 5) is 6.57. The maximum atomic E-state index is 5.56. The molecule has 0 aliphatic carbocycles. The lowest BCUT2D eigenvalue weighted by molar-refractivity contribution is 0.202. The van der Waals surface area contributed by atoms with Gasteiger partial charge in [0.1, 0.15) is 0 Å². The summed E-state index contributed by atoms with van der Waals surface area (Å²) in [6.45, 7) is 5.07. The van der Waals surface area contributed by atoms with E-state index in [4.69, 9.17) is 5.73 Å². The van der Waals surface area contributed by atoms with E-state index in [0.29, 0.717) is 6.04 Å². The van der Waals surface area contributed by atoms with E-state index in [0.717, 1.165) is 19.6 Å². The van der Waals surface area contributed by atoms with Crippen LogP contribution in [0.3, 0.4) is 0 Å². The monoisotopic (exact) mass is 234 g/mol. The summed E-state index contributed by atoms with van der Waals surface area (Å²) in [7, 11) is 0. The third-order valence-electron chi connectivity index (χ3n) is 3.35. The smallest absolute Gasteiger partial charge is 0.0312 e. The quantitative estimate of drug-likeness (QED) is 0.783. The number of aromatic nitrogens is 1. The average molecular weight is 234 g/mol. The minimum atomic E-state index is 0.643. The Kier molecular flexibility index (Phi) is 4.91. The number of nitrogens with two attached hydrogens (primary N) is 1. The summed E-state index contributed by atoms with van der Waals surface area (Å²) in [5.74, 6) is 0. The second-order valence-corrected chi connectivity index (χ2v) is 4.65. The van der Waals surface area contributed by atoms with E-state index in [1.54, 1.807) is 0 Å². The van der Waals surface area contributed by atoms with Crippen LogP contribution >= 0.6 is 0 Å². The highest BCUT2D eigenvalue weighted by molar-refractivity contribution is 5.08. The minimum Gasteiger partial charge on any atom is -0.329 e. The van der Waals surface area contributed by atoms with Crippen LogP contribution in [-0.4, -0.2) is 42.1 Å². The average Bonchev–Trinajstić information content (AvgIpc) is 2.40. The van der Waals surface area contributed by atoms with Crippen LogP contribution in [0.4, 0.5) is 0 Å². The third kappa shape index (κ3) is 4.07. The molecular weight excluding hydrogens is 212 g/mol. The zero-order valence-electron chi connectivity index (χ0n) is 10.3. The van der Waals surface area contributed by atoms with Gasteiger partial charge >= 0.3 is 0 Å². The lowest BCUT2D eigenvalue weighted by Crippen LogP contribution is -2.43. The summed E-state index contributed by atoms with van der Waals surface area (Å²) in [5, 5.41) is 3.60. The Labute approximate surface area is 103 Å². The number of nitrogens with one attached hydrogen (secondary N) is 1. The fourth-order valence-electron chi connectivity index (χ4n) is 2.31. The highest BCUT2D eigenvalue weighted by Gasteiger charge is 2.17. The maximum Gasteiger partial charge on any atom is 0.0312 e. The van der Waals surface area contributed by atoms with Gasteiger partial charge < -0.3 is 16.0 Å². The maximum absolute atomic E-state index is 5.56. The molecule has 0 aromatic carbocycles. The second kappa shape index (κ2) is 6.69. The molecule has 1 aromatic heterocycles. The molecule has 2 rings (SSSR count). The van der Waals surface area contributed by atoms with Crippen LogP contribution in [0, 0.1) is 0 Å². The normalized spacial score (nSPS) is 18.4. The Morgan fingerprint density at radius 2 is 2.24 bits per heavy atom.